The van der Waals surface area contributed by atoms with Crippen molar-refractivity contribution in [3.63, 3.8) is 0 Å². The number of carbonyl (C=O) groups excluding carboxylic acids is 1. The monoisotopic (exact) mass is 369 g/mol. The minimum atomic E-state index is -0.432. The second-order valence-electron chi connectivity index (χ2n) is 6.00. The van der Waals surface area contributed by atoms with E-state index in [2.05, 4.69) is 10.1 Å². The minimum Gasteiger partial charge on any atom is -0.462 e. The molecule has 0 aliphatic rings. The third kappa shape index (κ3) is 4.49. The largest absolute Gasteiger partial charge is 0.462 e. The standard InChI is InChI=1S/C20H20ClN3O2/c1-15-18(19(21)24(23-15)14-17-7-3-2-4-8-17)20(25)26-12-6-10-16-9-5-11-22-13-16/h2-5,7-9,11,13H,6,10,12,14H2,1H3. The van der Waals surface area contributed by atoms with Crippen molar-refractivity contribution in [3.8, 4) is 0 Å². The van der Waals surface area contributed by atoms with Crippen LogP contribution in [0.1, 0.15) is 33.6 Å². The van der Waals surface area contributed by atoms with Gasteiger partial charge in [-0.1, -0.05) is 48.0 Å². The van der Waals surface area contributed by atoms with Crippen molar-refractivity contribution in [1.29, 1.82) is 0 Å². The number of carbonyl (C=O) groups is 1. The number of rotatable bonds is 7. The molecule has 3 rings (SSSR count). The van der Waals surface area contributed by atoms with Gasteiger partial charge in [0.25, 0.3) is 0 Å². The van der Waals surface area contributed by atoms with Gasteiger partial charge in [-0.15, -0.1) is 0 Å². The predicted molar refractivity (Wildman–Crippen MR) is 100 cm³/mol. The highest BCUT2D eigenvalue weighted by Gasteiger charge is 2.21. The predicted octanol–water partition coefficient (Wildman–Crippen LogP) is 4.08. The van der Waals surface area contributed by atoms with Crippen LogP contribution in [-0.4, -0.2) is 27.3 Å². The lowest BCUT2D eigenvalue weighted by atomic mass is 10.2. The topological polar surface area (TPSA) is 57.0 Å². The van der Waals surface area contributed by atoms with E-state index in [0.717, 1.165) is 24.0 Å². The van der Waals surface area contributed by atoms with Crippen LogP contribution in [0.3, 0.4) is 0 Å². The van der Waals surface area contributed by atoms with Crippen LogP contribution in [0.5, 0.6) is 0 Å². The van der Waals surface area contributed by atoms with Gasteiger partial charge in [0.15, 0.2) is 0 Å². The normalized spacial score (nSPS) is 10.7. The first-order valence-corrected chi connectivity index (χ1v) is 8.86. The van der Waals surface area contributed by atoms with E-state index < -0.39 is 5.97 Å². The lowest BCUT2D eigenvalue weighted by Gasteiger charge is -2.06. The van der Waals surface area contributed by atoms with Gasteiger partial charge in [0.1, 0.15) is 10.7 Å². The fraction of sp³-hybridized carbons (Fsp3) is 0.250. The van der Waals surface area contributed by atoms with Crippen LogP contribution < -0.4 is 0 Å². The first kappa shape index (κ1) is 18.1. The van der Waals surface area contributed by atoms with Crippen LogP contribution >= 0.6 is 11.6 Å². The molecule has 0 saturated heterocycles. The summed E-state index contributed by atoms with van der Waals surface area (Å²) >= 11 is 6.37. The Morgan fingerprint density at radius 2 is 1.92 bits per heavy atom. The van der Waals surface area contributed by atoms with Crippen LogP contribution in [0.25, 0.3) is 0 Å². The van der Waals surface area contributed by atoms with E-state index in [1.807, 2.05) is 48.7 Å². The third-order valence-electron chi connectivity index (χ3n) is 4.01. The fourth-order valence-electron chi connectivity index (χ4n) is 2.71. The van der Waals surface area contributed by atoms with Crippen LogP contribution in [0.15, 0.2) is 54.9 Å². The highest BCUT2D eigenvalue weighted by molar-refractivity contribution is 6.32. The molecule has 0 aliphatic carbocycles. The van der Waals surface area contributed by atoms with E-state index in [-0.39, 0.29) is 0 Å². The number of hydrogen-bond acceptors (Lipinski definition) is 4. The van der Waals surface area contributed by atoms with Crippen molar-refractivity contribution < 1.29 is 9.53 Å². The minimum absolute atomic E-state index is 0.309. The van der Waals surface area contributed by atoms with Gasteiger partial charge in [0.2, 0.25) is 0 Å². The Bertz CT molecular complexity index is 864. The summed E-state index contributed by atoms with van der Waals surface area (Å²) in [5, 5.41) is 4.69. The van der Waals surface area contributed by atoms with Crippen LogP contribution in [0.2, 0.25) is 5.15 Å². The van der Waals surface area contributed by atoms with Crippen molar-refractivity contribution in [2.24, 2.45) is 0 Å². The van der Waals surface area contributed by atoms with Crippen molar-refractivity contribution in [2.75, 3.05) is 6.61 Å². The van der Waals surface area contributed by atoms with Gasteiger partial charge in [-0.2, -0.15) is 5.10 Å². The summed E-state index contributed by atoms with van der Waals surface area (Å²) in [6.07, 6.45) is 5.09. The quantitative estimate of drug-likeness (QED) is 0.465. The molecule has 134 valence electrons. The van der Waals surface area contributed by atoms with E-state index in [4.69, 9.17) is 16.3 Å². The number of hydrogen-bond donors (Lipinski definition) is 0. The molecule has 0 atom stereocenters. The Hall–Kier alpha value is -2.66. The Balaban J connectivity index is 1.59. The number of ether oxygens (including phenoxy) is 1. The second kappa shape index (κ2) is 8.63. The Labute approximate surface area is 157 Å². The number of aromatic nitrogens is 3. The van der Waals surface area contributed by atoms with Gasteiger partial charge >= 0.3 is 5.97 Å². The molecule has 0 spiro atoms. The SMILES string of the molecule is Cc1nn(Cc2ccccc2)c(Cl)c1C(=O)OCCCc1cccnc1. The van der Waals surface area contributed by atoms with Crippen LogP contribution in [-0.2, 0) is 17.7 Å². The van der Waals surface area contributed by atoms with Crippen LogP contribution in [0, 0.1) is 6.92 Å². The van der Waals surface area contributed by atoms with Gasteiger partial charge in [0.05, 0.1) is 18.8 Å². The lowest BCUT2D eigenvalue weighted by molar-refractivity contribution is 0.0500. The van der Waals surface area contributed by atoms with Crippen LogP contribution in [0.4, 0.5) is 0 Å². The van der Waals surface area contributed by atoms with Crippen molar-refractivity contribution in [3.05, 3.63) is 82.4 Å². The smallest absolute Gasteiger partial charge is 0.343 e. The zero-order chi connectivity index (χ0) is 18.4. The van der Waals surface area contributed by atoms with Gasteiger partial charge in [0, 0.05) is 12.4 Å². The molecule has 6 heteroatoms. The number of pyridine rings is 1. The zero-order valence-corrected chi connectivity index (χ0v) is 15.3. The number of aryl methyl sites for hydroxylation is 2. The molecule has 0 fully saturated rings. The summed E-state index contributed by atoms with van der Waals surface area (Å²) in [4.78, 5) is 16.5. The molecule has 2 aromatic heterocycles. The zero-order valence-electron chi connectivity index (χ0n) is 14.6. The molecule has 3 aromatic rings. The molecule has 0 aliphatic heterocycles. The van der Waals surface area contributed by atoms with Crippen molar-refractivity contribution in [1.82, 2.24) is 14.8 Å². The van der Waals surface area contributed by atoms with Crippen molar-refractivity contribution in [2.45, 2.75) is 26.3 Å². The third-order valence-corrected chi connectivity index (χ3v) is 4.39. The molecule has 26 heavy (non-hydrogen) atoms. The van der Waals surface area contributed by atoms with Gasteiger partial charge < -0.3 is 4.74 Å². The first-order chi connectivity index (χ1) is 12.6. The van der Waals surface area contributed by atoms with E-state index in [1.165, 1.54) is 0 Å². The molecule has 0 N–H and O–H groups in total. The Morgan fingerprint density at radius 3 is 2.65 bits per heavy atom. The Morgan fingerprint density at radius 1 is 1.15 bits per heavy atom. The van der Waals surface area contributed by atoms with E-state index in [9.17, 15) is 4.79 Å². The number of benzene rings is 1. The maximum absolute atomic E-state index is 12.4. The molecular formula is C20H20ClN3O2. The summed E-state index contributed by atoms with van der Waals surface area (Å²) < 4.78 is 7.00. The number of esters is 1. The fourth-order valence-corrected chi connectivity index (χ4v) is 3.02. The summed E-state index contributed by atoms with van der Waals surface area (Å²) in [5.41, 5.74) is 3.09. The van der Waals surface area contributed by atoms with Gasteiger partial charge in [-0.25, -0.2) is 9.48 Å². The van der Waals surface area contributed by atoms with Gasteiger partial charge in [-0.3, -0.25) is 4.98 Å². The lowest BCUT2D eigenvalue weighted by Crippen LogP contribution is -2.09. The number of nitrogens with zero attached hydrogens (tertiary/aromatic N) is 3. The highest BCUT2D eigenvalue weighted by Crippen LogP contribution is 2.22. The molecule has 0 unspecified atom stereocenters. The molecule has 0 amide bonds. The average molecular weight is 370 g/mol. The van der Waals surface area contributed by atoms with Gasteiger partial charge in [-0.05, 0) is 37.0 Å². The molecule has 0 radical (unpaired) electrons. The molecule has 0 saturated carbocycles. The van der Waals surface area contributed by atoms with E-state index in [0.29, 0.717) is 29.6 Å². The Kier molecular flexibility index (Phi) is 6.02. The maximum atomic E-state index is 12.4. The molecule has 5 nitrogen and oxygen atoms in total. The van der Waals surface area contributed by atoms with E-state index in [1.54, 1.807) is 17.8 Å². The molecule has 0 bridgehead atoms. The highest BCUT2D eigenvalue weighted by atomic mass is 35.5. The summed E-state index contributed by atoms with van der Waals surface area (Å²) in [7, 11) is 0. The van der Waals surface area contributed by atoms with E-state index >= 15 is 0 Å². The molecule has 2 heterocycles. The number of halogens is 1. The average Bonchev–Trinajstić information content (AvgIpc) is 2.94. The molecular weight excluding hydrogens is 350 g/mol. The summed E-state index contributed by atoms with van der Waals surface area (Å²) in [6.45, 7) is 2.60. The summed E-state index contributed by atoms with van der Waals surface area (Å²) in [5.74, 6) is -0.432. The first-order valence-electron chi connectivity index (χ1n) is 8.48. The maximum Gasteiger partial charge on any atom is 0.343 e. The second-order valence-corrected chi connectivity index (χ2v) is 6.35. The summed E-state index contributed by atoms with van der Waals surface area (Å²) in [6, 6.07) is 13.7. The van der Waals surface area contributed by atoms with Crippen molar-refractivity contribution >= 4 is 17.6 Å². The molecule has 1 aromatic carbocycles.